The molecule has 1 aromatic rings. The molecule has 0 spiro atoms. The van der Waals surface area contributed by atoms with Crippen LogP contribution in [0.2, 0.25) is 0 Å². The first kappa shape index (κ1) is 19.2. The van der Waals surface area contributed by atoms with Crippen molar-refractivity contribution in [3.8, 4) is 0 Å². The summed E-state index contributed by atoms with van der Waals surface area (Å²) >= 11 is 0. The van der Waals surface area contributed by atoms with Gasteiger partial charge < -0.3 is 10.6 Å². The Hall–Kier alpha value is -1.61. The van der Waals surface area contributed by atoms with Crippen LogP contribution in [0.4, 0.5) is 0 Å². The van der Waals surface area contributed by atoms with Gasteiger partial charge in [-0.05, 0) is 38.7 Å². The minimum atomic E-state index is -3.03. The second-order valence-corrected chi connectivity index (χ2v) is 9.41. The van der Waals surface area contributed by atoms with Crippen LogP contribution in [-0.2, 0) is 22.9 Å². The number of aryl methyl sites for hydroxylation is 1. The Balaban J connectivity index is 1.49. The SMILES string of the molecule is CN=C(NCCN1CCCS1(=O)=O)NC1CCc2cn(C(C)C)nc2C1. The van der Waals surface area contributed by atoms with Gasteiger partial charge in [-0.1, -0.05) is 0 Å². The highest BCUT2D eigenvalue weighted by molar-refractivity contribution is 7.89. The Morgan fingerprint density at radius 2 is 2.27 bits per heavy atom. The van der Waals surface area contributed by atoms with Gasteiger partial charge in [-0.15, -0.1) is 0 Å². The molecule has 1 unspecified atom stereocenters. The molecule has 3 rings (SSSR count). The maximum absolute atomic E-state index is 11.8. The molecule has 8 nitrogen and oxygen atoms in total. The summed E-state index contributed by atoms with van der Waals surface area (Å²) in [6, 6.07) is 0.669. The van der Waals surface area contributed by atoms with Crippen LogP contribution in [0.1, 0.15) is 44.0 Å². The predicted molar refractivity (Wildman–Crippen MR) is 103 cm³/mol. The van der Waals surface area contributed by atoms with E-state index in [9.17, 15) is 8.42 Å². The summed E-state index contributed by atoms with van der Waals surface area (Å²) in [5, 5.41) is 11.4. The standard InChI is InChI=1S/C17H30N6O2S/c1-13(2)23-12-14-5-6-15(11-16(14)21-23)20-17(18-3)19-7-9-22-8-4-10-26(22,24)25/h12-13,15H,4-11H2,1-3H3,(H2,18,19,20). The molecule has 0 bridgehead atoms. The summed E-state index contributed by atoms with van der Waals surface area (Å²) in [7, 11) is -1.29. The normalized spacial score (nSPS) is 23.2. The zero-order chi connectivity index (χ0) is 18.7. The van der Waals surface area contributed by atoms with Crippen molar-refractivity contribution in [1.29, 1.82) is 0 Å². The number of aliphatic imine (C=N–C) groups is 1. The molecule has 1 aliphatic carbocycles. The summed E-state index contributed by atoms with van der Waals surface area (Å²) in [6.07, 6.45) is 5.83. The van der Waals surface area contributed by atoms with Gasteiger partial charge in [0.1, 0.15) is 0 Å². The molecule has 0 aromatic carbocycles. The van der Waals surface area contributed by atoms with Gasteiger partial charge >= 0.3 is 0 Å². The average Bonchev–Trinajstić information content (AvgIpc) is 3.16. The Bertz CT molecular complexity index is 755. The van der Waals surface area contributed by atoms with E-state index in [0.717, 1.165) is 31.6 Å². The highest BCUT2D eigenvalue weighted by Crippen LogP contribution is 2.21. The van der Waals surface area contributed by atoms with Gasteiger partial charge in [-0.25, -0.2) is 12.7 Å². The number of sulfonamides is 1. The number of hydrogen-bond donors (Lipinski definition) is 2. The third-order valence-electron chi connectivity index (χ3n) is 5.05. The van der Waals surface area contributed by atoms with E-state index in [4.69, 9.17) is 5.10 Å². The van der Waals surface area contributed by atoms with Crippen LogP contribution in [0.15, 0.2) is 11.2 Å². The number of nitrogens with one attached hydrogen (secondary N) is 2. The average molecular weight is 383 g/mol. The molecule has 2 N–H and O–H groups in total. The van der Waals surface area contributed by atoms with Crippen molar-refractivity contribution in [2.45, 2.75) is 51.6 Å². The van der Waals surface area contributed by atoms with Crippen molar-refractivity contribution in [3.63, 3.8) is 0 Å². The van der Waals surface area contributed by atoms with E-state index in [-0.39, 0.29) is 5.75 Å². The lowest BCUT2D eigenvalue weighted by Gasteiger charge is -2.25. The van der Waals surface area contributed by atoms with E-state index in [1.165, 1.54) is 11.3 Å². The van der Waals surface area contributed by atoms with E-state index in [2.05, 4.69) is 35.7 Å². The van der Waals surface area contributed by atoms with Crippen LogP contribution in [0.25, 0.3) is 0 Å². The van der Waals surface area contributed by atoms with Crippen molar-refractivity contribution in [2.24, 2.45) is 4.99 Å². The molecular formula is C17H30N6O2S. The van der Waals surface area contributed by atoms with Crippen molar-refractivity contribution in [2.75, 3.05) is 32.4 Å². The Morgan fingerprint density at radius 3 is 2.92 bits per heavy atom. The van der Waals surface area contributed by atoms with Gasteiger partial charge in [-0.2, -0.15) is 5.10 Å². The molecule has 0 radical (unpaired) electrons. The third-order valence-corrected chi connectivity index (χ3v) is 7.00. The third kappa shape index (κ3) is 4.37. The fourth-order valence-corrected chi connectivity index (χ4v) is 5.06. The molecule has 1 saturated heterocycles. The summed E-state index contributed by atoms with van der Waals surface area (Å²) in [6.45, 7) is 5.94. The van der Waals surface area contributed by atoms with Crippen LogP contribution >= 0.6 is 0 Å². The Kier molecular flexibility index (Phi) is 5.86. The molecule has 1 fully saturated rings. The zero-order valence-corrected chi connectivity index (χ0v) is 16.7. The number of nitrogens with zero attached hydrogens (tertiary/aromatic N) is 4. The number of aromatic nitrogens is 2. The smallest absolute Gasteiger partial charge is 0.214 e. The molecule has 146 valence electrons. The lowest BCUT2D eigenvalue weighted by Crippen LogP contribution is -2.47. The van der Waals surface area contributed by atoms with Gasteiger partial charge in [0.15, 0.2) is 5.96 Å². The number of guanidine groups is 1. The van der Waals surface area contributed by atoms with Gasteiger partial charge in [0.25, 0.3) is 0 Å². The number of hydrogen-bond acceptors (Lipinski definition) is 4. The maximum atomic E-state index is 11.8. The second kappa shape index (κ2) is 7.96. The highest BCUT2D eigenvalue weighted by Gasteiger charge is 2.27. The summed E-state index contributed by atoms with van der Waals surface area (Å²) in [5.41, 5.74) is 2.51. The lowest BCUT2D eigenvalue weighted by atomic mass is 9.94. The Morgan fingerprint density at radius 1 is 1.46 bits per heavy atom. The first-order valence-corrected chi connectivity index (χ1v) is 11.0. The Labute approximate surface area is 156 Å². The zero-order valence-electron chi connectivity index (χ0n) is 15.9. The van der Waals surface area contributed by atoms with Crippen LogP contribution in [0, 0.1) is 0 Å². The van der Waals surface area contributed by atoms with Crippen molar-refractivity contribution < 1.29 is 8.42 Å². The van der Waals surface area contributed by atoms with E-state index in [1.807, 2.05) is 4.68 Å². The van der Waals surface area contributed by atoms with Crippen molar-refractivity contribution >= 4 is 16.0 Å². The molecule has 2 aliphatic rings. The van der Waals surface area contributed by atoms with E-state index in [0.29, 0.717) is 31.7 Å². The summed E-state index contributed by atoms with van der Waals surface area (Å²) in [5.74, 6) is 0.992. The monoisotopic (exact) mass is 382 g/mol. The first-order valence-electron chi connectivity index (χ1n) is 9.41. The summed E-state index contributed by atoms with van der Waals surface area (Å²) in [4.78, 5) is 4.27. The largest absolute Gasteiger partial charge is 0.355 e. The van der Waals surface area contributed by atoms with E-state index < -0.39 is 10.0 Å². The number of rotatable bonds is 5. The minimum absolute atomic E-state index is 0.271. The highest BCUT2D eigenvalue weighted by atomic mass is 32.2. The number of fused-ring (bicyclic) bond motifs is 1. The molecule has 1 atom stereocenters. The predicted octanol–water partition coefficient (Wildman–Crippen LogP) is 0.522. The van der Waals surface area contributed by atoms with Gasteiger partial charge in [0, 0.05) is 51.4 Å². The lowest BCUT2D eigenvalue weighted by molar-refractivity contribution is 0.443. The molecule has 26 heavy (non-hydrogen) atoms. The van der Waals surface area contributed by atoms with Crippen LogP contribution in [-0.4, -0.2) is 66.9 Å². The van der Waals surface area contributed by atoms with Crippen LogP contribution in [0.5, 0.6) is 0 Å². The minimum Gasteiger partial charge on any atom is -0.355 e. The van der Waals surface area contributed by atoms with Crippen LogP contribution in [0.3, 0.4) is 0 Å². The second-order valence-electron chi connectivity index (χ2n) is 7.33. The fraction of sp³-hybridized carbons (Fsp3) is 0.765. The fourth-order valence-electron chi connectivity index (χ4n) is 3.53. The quantitative estimate of drug-likeness (QED) is 0.572. The molecule has 1 aliphatic heterocycles. The van der Waals surface area contributed by atoms with Gasteiger partial charge in [0.2, 0.25) is 10.0 Å². The van der Waals surface area contributed by atoms with Crippen molar-refractivity contribution in [3.05, 3.63) is 17.5 Å². The maximum Gasteiger partial charge on any atom is 0.214 e. The van der Waals surface area contributed by atoms with Gasteiger partial charge in [0.05, 0.1) is 11.4 Å². The first-order chi connectivity index (χ1) is 12.4. The van der Waals surface area contributed by atoms with E-state index in [1.54, 1.807) is 11.4 Å². The summed E-state index contributed by atoms with van der Waals surface area (Å²) < 4.78 is 27.3. The topological polar surface area (TPSA) is 91.6 Å². The van der Waals surface area contributed by atoms with Gasteiger partial charge in [-0.3, -0.25) is 9.67 Å². The molecule has 2 heterocycles. The molecule has 0 saturated carbocycles. The molecule has 9 heteroatoms. The van der Waals surface area contributed by atoms with Crippen LogP contribution < -0.4 is 10.6 Å². The molecule has 0 amide bonds. The molecule has 1 aromatic heterocycles. The molecular weight excluding hydrogens is 352 g/mol. The van der Waals surface area contributed by atoms with Crippen molar-refractivity contribution in [1.82, 2.24) is 24.7 Å². The van der Waals surface area contributed by atoms with E-state index >= 15 is 0 Å².